The molecule has 0 amide bonds. The lowest BCUT2D eigenvalue weighted by atomic mass is 9.97. The topological polar surface area (TPSA) is 12.0 Å². The maximum Gasteiger partial charge on any atom is 0.416 e. The molecule has 0 heterocycles. The fourth-order valence-electron chi connectivity index (χ4n) is 2.13. The minimum absolute atomic E-state index is 0.381. The van der Waals surface area contributed by atoms with Crippen LogP contribution in [0.1, 0.15) is 22.7 Å². The Bertz CT molecular complexity index is 604. The molecular weight excluding hydrogens is 322 g/mol. The van der Waals surface area contributed by atoms with Crippen LogP contribution < -0.4 is 5.32 Å². The Balaban J connectivity index is 2.43. The Hall–Kier alpha value is -1.23. The van der Waals surface area contributed by atoms with Gasteiger partial charge in [-0.3, -0.25) is 0 Å². The highest BCUT2D eigenvalue weighted by atomic mass is 35.5. The number of rotatable bonds is 3. The molecule has 0 saturated carbocycles. The molecule has 0 aliphatic rings. The minimum atomic E-state index is -4.35. The van der Waals surface area contributed by atoms with Gasteiger partial charge in [0.1, 0.15) is 0 Å². The van der Waals surface area contributed by atoms with Gasteiger partial charge in [0.15, 0.2) is 0 Å². The lowest BCUT2D eigenvalue weighted by Crippen LogP contribution is -2.19. The number of hydrogen-bond donors (Lipinski definition) is 1. The summed E-state index contributed by atoms with van der Waals surface area (Å²) in [6.07, 6.45) is -4.35. The summed E-state index contributed by atoms with van der Waals surface area (Å²) in [6.45, 7) is 0. The number of hydrogen-bond acceptors (Lipinski definition) is 1. The molecule has 6 heteroatoms. The van der Waals surface area contributed by atoms with E-state index in [-0.39, 0.29) is 6.04 Å². The van der Waals surface area contributed by atoms with Crippen molar-refractivity contribution >= 4 is 23.2 Å². The van der Waals surface area contributed by atoms with Gasteiger partial charge in [-0.25, -0.2) is 0 Å². The zero-order valence-corrected chi connectivity index (χ0v) is 12.5. The van der Waals surface area contributed by atoms with Gasteiger partial charge in [-0.2, -0.15) is 13.2 Å². The Kier molecular flexibility index (Phi) is 4.81. The van der Waals surface area contributed by atoms with Gasteiger partial charge in [-0.15, -0.1) is 0 Å². The minimum Gasteiger partial charge on any atom is -0.309 e. The summed E-state index contributed by atoms with van der Waals surface area (Å²) in [6, 6.07) is 9.65. The van der Waals surface area contributed by atoms with E-state index in [4.69, 9.17) is 23.2 Å². The van der Waals surface area contributed by atoms with E-state index >= 15 is 0 Å². The molecule has 112 valence electrons. The van der Waals surface area contributed by atoms with Crippen molar-refractivity contribution in [2.24, 2.45) is 0 Å². The first kappa shape index (κ1) is 16.1. The lowest BCUT2D eigenvalue weighted by molar-refractivity contribution is -0.137. The highest BCUT2D eigenvalue weighted by Gasteiger charge is 2.30. The Morgan fingerprint density at radius 1 is 0.952 bits per heavy atom. The maximum absolute atomic E-state index is 12.6. The molecule has 1 unspecified atom stereocenters. The van der Waals surface area contributed by atoms with Gasteiger partial charge in [-0.05, 0) is 36.9 Å². The van der Waals surface area contributed by atoms with E-state index < -0.39 is 11.7 Å². The van der Waals surface area contributed by atoms with Crippen LogP contribution in [0.25, 0.3) is 0 Å². The third kappa shape index (κ3) is 3.51. The van der Waals surface area contributed by atoms with Crippen LogP contribution in [0.2, 0.25) is 10.0 Å². The summed E-state index contributed by atoms with van der Waals surface area (Å²) in [5, 5.41) is 3.94. The van der Waals surface area contributed by atoms with E-state index in [1.807, 2.05) is 0 Å². The van der Waals surface area contributed by atoms with Crippen molar-refractivity contribution in [3.63, 3.8) is 0 Å². The Morgan fingerprint density at radius 2 is 1.48 bits per heavy atom. The van der Waals surface area contributed by atoms with E-state index in [0.29, 0.717) is 21.2 Å². The monoisotopic (exact) mass is 333 g/mol. The fourth-order valence-corrected chi connectivity index (χ4v) is 2.74. The lowest BCUT2D eigenvalue weighted by Gasteiger charge is -2.20. The zero-order valence-electron chi connectivity index (χ0n) is 11.0. The molecule has 2 aromatic rings. The highest BCUT2D eigenvalue weighted by Crippen LogP contribution is 2.35. The van der Waals surface area contributed by atoms with Gasteiger partial charge >= 0.3 is 6.18 Å². The van der Waals surface area contributed by atoms with Gasteiger partial charge in [0.2, 0.25) is 0 Å². The summed E-state index contributed by atoms with van der Waals surface area (Å²) in [5.74, 6) is 0. The van der Waals surface area contributed by atoms with Crippen molar-refractivity contribution in [2.45, 2.75) is 12.2 Å². The number of benzene rings is 2. The SMILES string of the molecule is CNC(c1ccc(C(F)(F)F)cc1)c1c(Cl)cccc1Cl. The molecule has 0 aliphatic heterocycles. The molecule has 0 spiro atoms. The van der Waals surface area contributed by atoms with E-state index in [1.54, 1.807) is 25.2 Å². The summed E-state index contributed by atoms with van der Waals surface area (Å²) >= 11 is 12.3. The molecule has 2 aromatic carbocycles. The summed E-state index contributed by atoms with van der Waals surface area (Å²) < 4.78 is 37.8. The van der Waals surface area contributed by atoms with Crippen LogP contribution in [0.4, 0.5) is 13.2 Å². The average Bonchev–Trinajstić information content (AvgIpc) is 2.42. The number of halogens is 5. The fraction of sp³-hybridized carbons (Fsp3) is 0.200. The van der Waals surface area contributed by atoms with Crippen LogP contribution in [0.15, 0.2) is 42.5 Å². The first-order valence-corrected chi connectivity index (χ1v) is 6.88. The van der Waals surface area contributed by atoms with Gasteiger partial charge < -0.3 is 5.32 Å². The van der Waals surface area contributed by atoms with Crippen molar-refractivity contribution in [3.05, 3.63) is 69.2 Å². The second kappa shape index (κ2) is 6.26. The molecule has 1 nitrogen and oxygen atoms in total. The molecule has 1 N–H and O–H groups in total. The van der Waals surface area contributed by atoms with Crippen LogP contribution in [-0.2, 0) is 6.18 Å². The number of nitrogens with one attached hydrogen (secondary N) is 1. The van der Waals surface area contributed by atoms with Crippen LogP contribution in [0, 0.1) is 0 Å². The summed E-state index contributed by atoms with van der Waals surface area (Å²) in [7, 11) is 1.70. The first-order chi connectivity index (χ1) is 9.84. The quantitative estimate of drug-likeness (QED) is 0.801. The molecular formula is C15H12Cl2F3N. The normalized spacial score (nSPS) is 13.2. The second-order valence-electron chi connectivity index (χ2n) is 4.48. The van der Waals surface area contributed by atoms with Crippen molar-refractivity contribution in [2.75, 3.05) is 7.05 Å². The molecule has 0 aliphatic carbocycles. The number of alkyl halides is 3. The Morgan fingerprint density at radius 3 is 1.90 bits per heavy atom. The van der Waals surface area contributed by atoms with Crippen molar-refractivity contribution < 1.29 is 13.2 Å². The van der Waals surface area contributed by atoms with Gasteiger partial charge in [0.25, 0.3) is 0 Å². The smallest absolute Gasteiger partial charge is 0.309 e. The van der Waals surface area contributed by atoms with Crippen LogP contribution >= 0.6 is 23.2 Å². The maximum atomic E-state index is 12.6. The first-order valence-electron chi connectivity index (χ1n) is 6.13. The highest BCUT2D eigenvalue weighted by molar-refractivity contribution is 6.36. The van der Waals surface area contributed by atoms with E-state index in [0.717, 1.165) is 12.1 Å². The third-order valence-electron chi connectivity index (χ3n) is 3.15. The van der Waals surface area contributed by atoms with Gasteiger partial charge in [0, 0.05) is 15.6 Å². The van der Waals surface area contributed by atoms with Gasteiger partial charge in [-0.1, -0.05) is 41.4 Å². The molecule has 2 rings (SSSR count). The Labute approximate surface area is 130 Å². The predicted molar refractivity (Wildman–Crippen MR) is 78.8 cm³/mol. The molecule has 0 saturated heterocycles. The van der Waals surface area contributed by atoms with E-state index in [1.165, 1.54) is 12.1 Å². The molecule has 0 bridgehead atoms. The van der Waals surface area contributed by atoms with Crippen molar-refractivity contribution in [3.8, 4) is 0 Å². The molecule has 0 fully saturated rings. The van der Waals surface area contributed by atoms with Crippen LogP contribution in [-0.4, -0.2) is 7.05 Å². The second-order valence-corrected chi connectivity index (χ2v) is 5.29. The van der Waals surface area contributed by atoms with Gasteiger partial charge in [0.05, 0.1) is 11.6 Å². The molecule has 21 heavy (non-hydrogen) atoms. The summed E-state index contributed by atoms with van der Waals surface area (Å²) in [4.78, 5) is 0. The van der Waals surface area contributed by atoms with E-state index in [2.05, 4.69) is 5.32 Å². The zero-order chi connectivity index (χ0) is 15.6. The molecule has 0 aromatic heterocycles. The predicted octanol–water partition coefficient (Wildman–Crippen LogP) is 5.32. The van der Waals surface area contributed by atoms with E-state index in [9.17, 15) is 13.2 Å². The summed E-state index contributed by atoms with van der Waals surface area (Å²) in [5.41, 5.74) is 0.606. The van der Waals surface area contributed by atoms with Crippen molar-refractivity contribution in [1.82, 2.24) is 5.32 Å². The molecule has 1 atom stereocenters. The average molecular weight is 334 g/mol. The van der Waals surface area contributed by atoms with Crippen molar-refractivity contribution in [1.29, 1.82) is 0 Å². The molecule has 0 radical (unpaired) electrons. The largest absolute Gasteiger partial charge is 0.416 e. The van der Waals surface area contributed by atoms with Crippen LogP contribution in [0.3, 0.4) is 0 Å². The standard InChI is InChI=1S/C15H12Cl2F3N/c1-21-14(13-11(16)3-2-4-12(13)17)9-5-7-10(8-6-9)15(18,19)20/h2-8,14,21H,1H3. The third-order valence-corrected chi connectivity index (χ3v) is 3.81. The van der Waals surface area contributed by atoms with Crippen LogP contribution in [0.5, 0.6) is 0 Å².